The predicted molar refractivity (Wildman–Crippen MR) is 108 cm³/mol. The van der Waals surface area contributed by atoms with Gasteiger partial charge in [0.2, 0.25) is 10.0 Å². The Morgan fingerprint density at radius 3 is 2.52 bits per heavy atom. The van der Waals surface area contributed by atoms with Crippen molar-refractivity contribution in [1.29, 1.82) is 0 Å². The molecule has 1 aromatic rings. The molecule has 27 heavy (non-hydrogen) atoms. The average molecular weight is 422 g/mol. The van der Waals surface area contributed by atoms with E-state index < -0.39 is 10.0 Å². The molecule has 2 N–H and O–H groups in total. The standard InChI is InChI=1S/C17H27N3O5S.ClH/c1-5-8-20(13-6-7-18-11-13)17(21)12-9-14(19-26(4,22)23)16(25-3)15(10-12)24-2;/h9-10,13,18-19H,5-8,11H2,1-4H3;1H. The fourth-order valence-corrected chi connectivity index (χ4v) is 3.68. The lowest BCUT2D eigenvalue weighted by molar-refractivity contribution is 0.0692. The van der Waals surface area contributed by atoms with Crippen molar-refractivity contribution in [2.75, 3.05) is 44.8 Å². The zero-order chi connectivity index (χ0) is 19.3. The van der Waals surface area contributed by atoms with Gasteiger partial charge in [-0.1, -0.05) is 6.92 Å². The van der Waals surface area contributed by atoms with Crippen LogP contribution in [0.3, 0.4) is 0 Å². The quantitative estimate of drug-likeness (QED) is 0.663. The molecular formula is C17H28ClN3O5S. The third-order valence-electron chi connectivity index (χ3n) is 4.22. The third kappa shape index (κ3) is 5.88. The fourth-order valence-electron chi connectivity index (χ4n) is 3.13. The van der Waals surface area contributed by atoms with Crippen LogP contribution in [0.4, 0.5) is 5.69 Å². The van der Waals surface area contributed by atoms with Gasteiger partial charge >= 0.3 is 0 Å². The van der Waals surface area contributed by atoms with E-state index in [4.69, 9.17) is 9.47 Å². The van der Waals surface area contributed by atoms with Crippen LogP contribution in [0.5, 0.6) is 11.5 Å². The number of rotatable bonds is 8. The minimum Gasteiger partial charge on any atom is -0.493 e. The van der Waals surface area contributed by atoms with Crippen molar-refractivity contribution in [3.05, 3.63) is 17.7 Å². The number of hydrogen-bond acceptors (Lipinski definition) is 6. The molecule has 1 saturated heterocycles. The third-order valence-corrected chi connectivity index (χ3v) is 4.81. The van der Waals surface area contributed by atoms with E-state index in [0.717, 1.165) is 32.2 Å². The summed E-state index contributed by atoms with van der Waals surface area (Å²) in [6.07, 6.45) is 2.78. The van der Waals surface area contributed by atoms with Crippen LogP contribution >= 0.6 is 12.4 Å². The summed E-state index contributed by atoms with van der Waals surface area (Å²) in [5.41, 5.74) is 0.535. The molecule has 8 nitrogen and oxygen atoms in total. The van der Waals surface area contributed by atoms with Crippen LogP contribution in [0, 0.1) is 0 Å². The molecule has 0 radical (unpaired) electrons. The van der Waals surface area contributed by atoms with Gasteiger partial charge in [-0.2, -0.15) is 0 Å². The number of carbonyl (C=O) groups is 1. The van der Waals surface area contributed by atoms with E-state index in [1.165, 1.54) is 20.3 Å². The van der Waals surface area contributed by atoms with Crippen LogP contribution in [0.15, 0.2) is 12.1 Å². The number of amides is 1. The summed E-state index contributed by atoms with van der Waals surface area (Å²) in [5, 5.41) is 3.27. The van der Waals surface area contributed by atoms with Gasteiger partial charge < -0.3 is 19.7 Å². The Bertz CT molecular complexity index is 751. The molecule has 0 aromatic heterocycles. The van der Waals surface area contributed by atoms with Crippen LogP contribution in [-0.4, -0.2) is 65.4 Å². The molecule has 10 heteroatoms. The number of sulfonamides is 1. The molecule has 0 bridgehead atoms. The Kier molecular flexibility index (Phi) is 8.64. The van der Waals surface area contributed by atoms with Crippen molar-refractivity contribution < 1.29 is 22.7 Å². The highest BCUT2D eigenvalue weighted by Gasteiger charge is 2.28. The molecule has 1 aliphatic rings. The summed E-state index contributed by atoms with van der Waals surface area (Å²) >= 11 is 0. The Labute approximate surface area is 167 Å². The maximum absolute atomic E-state index is 13.1. The van der Waals surface area contributed by atoms with E-state index in [9.17, 15) is 13.2 Å². The minimum atomic E-state index is -3.54. The van der Waals surface area contributed by atoms with E-state index in [1.54, 1.807) is 6.07 Å². The number of ether oxygens (including phenoxy) is 2. The Morgan fingerprint density at radius 2 is 2.04 bits per heavy atom. The lowest BCUT2D eigenvalue weighted by atomic mass is 10.1. The van der Waals surface area contributed by atoms with E-state index in [1.807, 2.05) is 11.8 Å². The molecule has 2 rings (SSSR count). The van der Waals surface area contributed by atoms with Gasteiger partial charge in [-0.3, -0.25) is 9.52 Å². The largest absolute Gasteiger partial charge is 0.493 e. The van der Waals surface area contributed by atoms with Gasteiger partial charge in [0.25, 0.3) is 5.91 Å². The normalized spacial score (nSPS) is 16.4. The van der Waals surface area contributed by atoms with Gasteiger partial charge in [0.15, 0.2) is 11.5 Å². The second-order valence-electron chi connectivity index (χ2n) is 6.28. The van der Waals surface area contributed by atoms with Crippen molar-refractivity contribution in [1.82, 2.24) is 10.2 Å². The van der Waals surface area contributed by atoms with Gasteiger partial charge in [0, 0.05) is 24.7 Å². The zero-order valence-electron chi connectivity index (χ0n) is 16.1. The van der Waals surface area contributed by atoms with Crippen molar-refractivity contribution in [2.45, 2.75) is 25.8 Å². The van der Waals surface area contributed by atoms with Gasteiger partial charge in [-0.25, -0.2) is 8.42 Å². The van der Waals surface area contributed by atoms with Crippen LogP contribution in [0.25, 0.3) is 0 Å². The van der Waals surface area contributed by atoms with Crippen molar-refractivity contribution in [3.63, 3.8) is 0 Å². The van der Waals surface area contributed by atoms with E-state index >= 15 is 0 Å². The second kappa shape index (κ2) is 10.0. The van der Waals surface area contributed by atoms with Gasteiger partial charge in [0.1, 0.15) is 0 Å². The number of anilines is 1. The first kappa shape index (κ1) is 23.3. The average Bonchev–Trinajstić information content (AvgIpc) is 3.11. The summed E-state index contributed by atoms with van der Waals surface area (Å²) in [6.45, 7) is 4.29. The predicted octanol–water partition coefficient (Wildman–Crippen LogP) is 1.71. The molecule has 1 atom stereocenters. The molecule has 0 aliphatic carbocycles. The molecular weight excluding hydrogens is 394 g/mol. The molecule has 1 fully saturated rings. The Balaban J connectivity index is 0.00000364. The molecule has 1 aromatic carbocycles. The van der Waals surface area contributed by atoms with Crippen molar-refractivity contribution in [3.8, 4) is 11.5 Å². The van der Waals surface area contributed by atoms with Crippen LogP contribution in [0.1, 0.15) is 30.1 Å². The molecule has 0 spiro atoms. The highest BCUT2D eigenvalue weighted by molar-refractivity contribution is 7.92. The maximum atomic E-state index is 13.1. The van der Waals surface area contributed by atoms with Crippen LogP contribution in [-0.2, 0) is 10.0 Å². The molecule has 1 unspecified atom stereocenters. The number of hydrogen-bond donors (Lipinski definition) is 2. The zero-order valence-corrected chi connectivity index (χ0v) is 17.7. The number of nitrogens with zero attached hydrogens (tertiary/aromatic N) is 1. The summed E-state index contributed by atoms with van der Waals surface area (Å²) in [6, 6.07) is 3.21. The van der Waals surface area contributed by atoms with Gasteiger partial charge in [-0.15, -0.1) is 12.4 Å². The first-order chi connectivity index (χ1) is 12.3. The van der Waals surface area contributed by atoms with Crippen molar-refractivity contribution in [2.24, 2.45) is 0 Å². The number of carbonyl (C=O) groups excluding carboxylic acids is 1. The Morgan fingerprint density at radius 1 is 1.33 bits per heavy atom. The summed E-state index contributed by atoms with van der Waals surface area (Å²) in [4.78, 5) is 15.0. The molecule has 1 amide bonds. The monoisotopic (exact) mass is 421 g/mol. The lowest BCUT2D eigenvalue weighted by Gasteiger charge is -2.29. The molecule has 154 valence electrons. The molecule has 1 aliphatic heterocycles. The van der Waals surface area contributed by atoms with E-state index in [0.29, 0.717) is 17.9 Å². The summed E-state index contributed by atoms with van der Waals surface area (Å²) < 4.78 is 36.3. The Hall–Kier alpha value is -1.71. The first-order valence-electron chi connectivity index (χ1n) is 8.56. The number of nitrogens with one attached hydrogen (secondary N) is 2. The second-order valence-corrected chi connectivity index (χ2v) is 8.03. The lowest BCUT2D eigenvalue weighted by Crippen LogP contribution is -2.42. The van der Waals surface area contributed by atoms with Crippen molar-refractivity contribution >= 4 is 34.0 Å². The highest BCUT2D eigenvalue weighted by atomic mass is 35.5. The highest BCUT2D eigenvalue weighted by Crippen LogP contribution is 2.37. The number of benzene rings is 1. The summed E-state index contributed by atoms with van der Waals surface area (Å²) in [7, 11) is -0.681. The van der Waals surface area contributed by atoms with Gasteiger partial charge in [-0.05, 0) is 31.5 Å². The summed E-state index contributed by atoms with van der Waals surface area (Å²) in [5.74, 6) is 0.377. The van der Waals surface area contributed by atoms with E-state index in [2.05, 4.69) is 10.0 Å². The number of halogens is 1. The van der Waals surface area contributed by atoms with Crippen LogP contribution < -0.4 is 19.5 Å². The number of methoxy groups -OCH3 is 2. The van der Waals surface area contributed by atoms with Gasteiger partial charge in [0.05, 0.1) is 26.2 Å². The topological polar surface area (TPSA) is 97.0 Å². The first-order valence-corrected chi connectivity index (χ1v) is 10.4. The fraction of sp³-hybridized carbons (Fsp3) is 0.588. The van der Waals surface area contributed by atoms with Crippen LogP contribution in [0.2, 0.25) is 0 Å². The molecule has 1 heterocycles. The smallest absolute Gasteiger partial charge is 0.254 e. The van der Waals surface area contributed by atoms with E-state index in [-0.39, 0.29) is 35.8 Å². The minimum absolute atomic E-state index is 0. The molecule has 0 saturated carbocycles. The maximum Gasteiger partial charge on any atom is 0.254 e. The SMILES string of the molecule is CCCN(C(=O)c1cc(NS(C)(=O)=O)c(OC)c(OC)c1)C1CCNC1.Cl.